The summed E-state index contributed by atoms with van der Waals surface area (Å²) < 4.78 is 12.5. The normalized spacial score (nSPS) is 13.6. The summed E-state index contributed by atoms with van der Waals surface area (Å²) in [6, 6.07) is 5.01. The van der Waals surface area contributed by atoms with Crippen molar-refractivity contribution in [2.24, 2.45) is 0 Å². The number of benzene rings is 1. The lowest BCUT2D eigenvalue weighted by Gasteiger charge is -2.36. The van der Waals surface area contributed by atoms with Crippen molar-refractivity contribution >= 4 is 48.6 Å². The summed E-state index contributed by atoms with van der Waals surface area (Å²) in [6.07, 6.45) is -0.618. The van der Waals surface area contributed by atoms with Gasteiger partial charge < -0.3 is 19.8 Å². The van der Waals surface area contributed by atoms with Crippen LogP contribution in [0, 0.1) is 3.57 Å². The smallest absolute Gasteiger partial charge is 0.408 e. The van der Waals surface area contributed by atoms with Crippen molar-refractivity contribution in [1.82, 2.24) is 5.32 Å². The molecule has 0 aromatic heterocycles. The molecule has 1 aromatic rings. The van der Waals surface area contributed by atoms with Crippen molar-refractivity contribution in [2.75, 3.05) is 5.32 Å². The van der Waals surface area contributed by atoms with Crippen LogP contribution in [0.4, 0.5) is 10.5 Å². The largest absolute Gasteiger partial charge is 0.444 e. The average Bonchev–Trinajstić information content (AvgIpc) is 2.50. The van der Waals surface area contributed by atoms with Gasteiger partial charge in [-0.25, -0.2) is 4.79 Å². The summed E-state index contributed by atoms with van der Waals surface area (Å²) in [5.41, 5.74) is 1.15. The van der Waals surface area contributed by atoms with E-state index in [0.29, 0.717) is 12.3 Å². The molecule has 2 N–H and O–H groups in total. The number of ether oxygens (including phenoxy) is 1. The first-order valence-corrected chi connectivity index (χ1v) is 13.7. The molecular weight excluding hydrogens is 499 g/mol. The number of alkyl carbamates (subject to hydrolysis) is 1. The van der Waals surface area contributed by atoms with Crippen molar-refractivity contribution < 1.29 is 18.8 Å². The molecule has 2 amide bonds. The highest BCUT2D eigenvalue weighted by Crippen LogP contribution is 2.37. The zero-order valence-corrected chi connectivity index (χ0v) is 22.2. The van der Waals surface area contributed by atoms with Crippen LogP contribution in [-0.4, -0.2) is 32.0 Å². The van der Waals surface area contributed by atoms with Gasteiger partial charge in [-0.3, -0.25) is 4.79 Å². The van der Waals surface area contributed by atoms with E-state index in [1.807, 2.05) is 18.2 Å². The summed E-state index contributed by atoms with van der Waals surface area (Å²) >= 11 is 2.25. The molecule has 164 valence electrons. The maximum atomic E-state index is 12.4. The van der Waals surface area contributed by atoms with Gasteiger partial charge in [0.25, 0.3) is 0 Å². The highest BCUT2D eigenvalue weighted by molar-refractivity contribution is 14.1. The van der Waals surface area contributed by atoms with Crippen LogP contribution < -0.4 is 10.6 Å². The fraction of sp³-hybridized carbons (Fsp3) is 0.619. The number of anilines is 1. The summed E-state index contributed by atoms with van der Waals surface area (Å²) in [6.45, 7) is 18.6. The molecule has 0 aliphatic carbocycles. The monoisotopic (exact) mass is 534 g/mol. The lowest BCUT2D eigenvalue weighted by Crippen LogP contribution is -2.44. The minimum absolute atomic E-state index is 0.156. The molecule has 8 heteroatoms. The first kappa shape index (κ1) is 25.9. The van der Waals surface area contributed by atoms with Gasteiger partial charge in [0.2, 0.25) is 5.91 Å². The van der Waals surface area contributed by atoms with Gasteiger partial charge in [-0.15, -0.1) is 0 Å². The summed E-state index contributed by atoms with van der Waals surface area (Å²) in [7, 11) is -1.82. The van der Waals surface area contributed by atoms with Crippen molar-refractivity contribution in [3.8, 4) is 0 Å². The Morgan fingerprint density at radius 2 is 1.72 bits per heavy atom. The lowest BCUT2D eigenvalue weighted by atomic mass is 10.2. The van der Waals surface area contributed by atoms with Crippen molar-refractivity contribution in [3.63, 3.8) is 0 Å². The van der Waals surface area contributed by atoms with Gasteiger partial charge in [0.1, 0.15) is 11.6 Å². The molecule has 0 bridgehead atoms. The molecule has 0 radical (unpaired) electrons. The SMILES string of the molecule is C[C@H](NC(=O)OC(C)(C)C)C(=O)Nc1ccc(CO[Si](C)(C)C(C)(C)C)c(I)c1. The second-order valence-corrected chi connectivity index (χ2v) is 15.7. The third kappa shape index (κ3) is 8.63. The number of amides is 2. The Hall–Kier alpha value is -1.13. The van der Waals surface area contributed by atoms with E-state index >= 15 is 0 Å². The minimum atomic E-state index is -1.82. The number of carbonyl (C=O) groups is 2. The van der Waals surface area contributed by atoms with Gasteiger partial charge in [0.15, 0.2) is 8.32 Å². The second-order valence-electron chi connectivity index (χ2n) is 9.71. The zero-order chi connectivity index (χ0) is 22.6. The summed E-state index contributed by atoms with van der Waals surface area (Å²) in [5.74, 6) is -0.308. The predicted molar refractivity (Wildman–Crippen MR) is 129 cm³/mol. The van der Waals surface area contributed by atoms with Crippen LogP contribution in [-0.2, 0) is 20.6 Å². The minimum Gasteiger partial charge on any atom is -0.444 e. The Morgan fingerprint density at radius 1 is 1.14 bits per heavy atom. The van der Waals surface area contributed by atoms with Crippen LogP contribution in [0.25, 0.3) is 0 Å². The number of nitrogens with one attached hydrogen (secondary N) is 2. The molecule has 1 aromatic carbocycles. The molecule has 0 fully saturated rings. The van der Waals surface area contributed by atoms with E-state index in [1.165, 1.54) is 0 Å². The van der Waals surface area contributed by atoms with Crippen LogP contribution in [0.5, 0.6) is 0 Å². The van der Waals surface area contributed by atoms with Gasteiger partial charge >= 0.3 is 6.09 Å². The fourth-order valence-corrected chi connectivity index (χ4v) is 3.64. The Morgan fingerprint density at radius 3 is 2.21 bits per heavy atom. The number of rotatable bonds is 6. The van der Waals surface area contributed by atoms with E-state index in [-0.39, 0.29) is 10.9 Å². The highest BCUT2D eigenvalue weighted by atomic mass is 127. The molecule has 29 heavy (non-hydrogen) atoms. The molecule has 6 nitrogen and oxygen atoms in total. The van der Waals surface area contributed by atoms with Crippen LogP contribution in [0.2, 0.25) is 18.1 Å². The van der Waals surface area contributed by atoms with Gasteiger partial charge in [-0.2, -0.15) is 0 Å². The quantitative estimate of drug-likeness (QED) is 0.365. The third-order valence-electron chi connectivity index (χ3n) is 4.84. The Balaban J connectivity index is 2.69. The molecule has 0 saturated heterocycles. The van der Waals surface area contributed by atoms with Crippen molar-refractivity contribution in [3.05, 3.63) is 27.3 Å². The second kappa shape index (κ2) is 9.78. The first-order chi connectivity index (χ1) is 13.0. The van der Waals surface area contributed by atoms with Gasteiger partial charge in [-0.1, -0.05) is 26.8 Å². The fourth-order valence-electron chi connectivity index (χ4n) is 2.02. The predicted octanol–water partition coefficient (Wildman–Crippen LogP) is 5.66. The number of halogens is 1. The first-order valence-electron chi connectivity index (χ1n) is 9.74. The van der Waals surface area contributed by atoms with Crippen LogP contribution in [0.3, 0.4) is 0 Å². The Bertz CT molecular complexity index is 739. The van der Waals surface area contributed by atoms with Gasteiger partial charge in [0.05, 0.1) is 6.61 Å². The Labute approximate surface area is 189 Å². The van der Waals surface area contributed by atoms with Crippen LogP contribution in [0.1, 0.15) is 54.0 Å². The molecule has 1 atom stereocenters. The lowest BCUT2D eigenvalue weighted by molar-refractivity contribution is -0.117. The molecule has 0 spiro atoms. The van der Waals surface area contributed by atoms with Crippen LogP contribution >= 0.6 is 22.6 Å². The van der Waals surface area contributed by atoms with E-state index in [9.17, 15) is 9.59 Å². The van der Waals surface area contributed by atoms with Gasteiger partial charge in [-0.05, 0) is 86.1 Å². The van der Waals surface area contributed by atoms with E-state index in [0.717, 1.165) is 9.13 Å². The Kier molecular flexibility index (Phi) is 8.74. The van der Waals surface area contributed by atoms with E-state index in [2.05, 4.69) is 67.1 Å². The number of hydrogen-bond acceptors (Lipinski definition) is 4. The molecule has 0 unspecified atom stereocenters. The molecule has 0 saturated carbocycles. The third-order valence-corrected chi connectivity index (χ3v) is 10.3. The summed E-state index contributed by atoms with van der Waals surface area (Å²) in [5, 5.41) is 5.53. The zero-order valence-electron chi connectivity index (χ0n) is 19.0. The number of hydrogen-bond donors (Lipinski definition) is 2. The highest BCUT2D eigenvalue weighted by Gasteiger charge is 2.37. The van der Waals surface area contributed by atoms with E-state index < -0.39 is 26.1 Å². The van der Waals surface area contributed by atoms with Gasteiger partial charge in [0, 0.05) is 9.26 Å². The summed E-state index contributed by atoms with van der Waals surface area (Å²) in [4.78, 5) is 24.2. The number of carbonyl (C=O) groups excluding carboxylic acids is 2. The molecular formula is C21H35IN2O4Si. The van der Waals surface area contributed by atoms with Crippen molar-refractivity contribution in [1.29, 1.82) is 0 Å². The standard InChI is InChI=1S/C21H35IN2O4Si/c1-14(23-19(26)28-20(2,3)4)18(25)24-16-11-10-15(17(22)12-16)13-27-29(8,9)21(5,6)7/h10-12,14H,13H2,1-9H3,(H,23,26)(H,24,25)/t14-/m0/s1. The van der Waals surface area contributed by atoms with Crippen LogP contribution in [0.15, 0.2) is 18.2 Å². The topological polar surface area (TPSA) is 76.7 Å². The van der Waals surface area contributed by atoms with E-state index in [1.54, 1.807) is 27.7 Å². The molecule has 0 aliphatic heterocycles. The molecule has 0 heterocycles. The van der Waals surface area contributed by atoms with Crippen molar-refractivity contribution in [2.45, 2.75) is 84.8 Å². The molecule has 0 aliphatic rings. The van der Waals surface area contributed by atoms with E-state index in [4.69, 9.17) is 9.16 Å². The average molecular weight is 535 g/mol. The maximum absolute atomic E-state index is 12.4. The molecule has 1 rings (SSSR count). The maximum Gasteiger partial charge on any atom is 0.408 e.